The van der Waals surface area contributed by atoms with Crippen molar-refractivity contribution in [3.8, 4) is 0 Å². The minimum Gasteiger partial charge on any atom is -0.459 e. The first kappa shape index (κ1) is 24.3. The third-order valence-electron chi connectivity index (χ3n) is 6.63. The number of ether oxygens (including phenoxy) is 2. The van der Waals surface area contributed by atoms with Gasteiger partial charge in [-0.05, 0) is 45.0 Å². The van der Waals surface area contributed by atoms with Gasteiger partial charge >= 0.3 is 11.9 Å². The number of piperidine rings is 1. The Hall–Kier alpha value is -3.39. The molecule has 1 fully saturated rings. The molecule has 36 heavy (non-hydrogen) atoms. The average molecular weight is 513 g/mol. The Bertz CT molecular complexity index is 1400. The van der Waals surface area contributed by atoms with Gasteiger partial charge in [0.1, 0.15) is 23.6 Å². The Morgan fingerprint density at radius 2 is 1.86 bits per heavy atom. The molecule has 3 aromatic rings. The molecule has 1 spiro atoms. The molecule has 0 saturated carbocycles. The maximum atomic E-state index is 13.7. The Kier molecular flexibility index (Phi) is 5.82. The highest BCUT2D eigenvalue weighted by Crippen LogP contribution is 2.44. The maximum absolute atomic E-state index is 13.7. The number of benzene rings is 2. The molecule has 7 nitrogen and oxygen atoms in total. The number of hydrogen-bond donors (Lipinski definition) is 0. The van der Waals surface area contributed by atoms with Crippen LogP contribution in [0.1, 0.15) is 59.9 Å². The fraction of sp³-hybridized carbons (Fsp3) is 0.370. The Balaban J connectivity index is 1.39. The normalized spacial score (nSPS) is 16.8. The lowest BCUT2D eigenvalue weighted by Gasteiger charge is -2.38. The van der Waals surface area contributed by atoms with Crippen LogP contribution in [-0.4, -0.2) is 46.0 Å². The van der Waals surface area contributed by atoms with Crippen molar-refractivity contribution in [2.75, 3.05) is 13.1 Å². The molecule has 0 unspecified atom stereocenters. The minimum atomic E-state index is -0.852. The zero-order chi connectivity index (χ0) is 25.8. The highest BCUT2D eigenvalue weighted by molar-refractivity contribution is 6.31. The van der Waals surface area contributed by atoms with E-state index >= 15 is 0 Å². The molecule has 0 bridgehead atoms. The minimum absolute atomic E-state index is 0.0617. The molecule has 1 amide bonds. The third-order valence-corrected chi connectivity index (χ3v) is 6.87. The van der Waals surface area contributed by atoms with Crippen molar-refractivity contribution >= 4 is 40.3 Å². The van der Waals surface area contributed by atoms with Crippen LogP contribution in [0.15, 0.2) is 42.6 Å². The lowest BCUT2D eigenvalue weighted by molar-refractivity contribution is -0.155. The van der Waals surface area contributed by atoms with Gasteiger partial charge in [0, 0.05) is 48.1 Å². The molecule has 0 radical (unpaired) electrons. The summed E-state index contributed by atoms with van der Waals surface area (Å²) in [6, 6.07) is 9.32. The third kappa shape index (κ3) is 4.34. The van der Waals surface area contributed by atoms with Gasteiger partial charge < -0.3 is 18.9 Å². The molecular formula is C27H26ClFN2O5. The Morgan fingerprint density at radius 3 is 2.56 bits per heavy atom. The first-order valence-electron chi connectivity index (χ1n) is 11.8. The maximum Gasteiger partial charge on any atom is 0.339 e. The lowest BCUT2D eigenvalue weighted by Crippen LogP contribution is -2.45. The van der Waals surface area contributed by atoms with Crippen LogP contribution in [0.5, 0.6) is 0 Å². The van der Waals surface area contributed by atoms with Crippen molar-refractivity contribution in [2.24, 2.45) is 0 Å². The van der Waals surface area contributed by atoms with Gasteiger partial charge in [0.25, 0.3) is 5.91 Å². The number of esters is 2. The van der Waals surface area contributed by atoms with Crippen LogP contribution in [0.4, 0.5) is 4.39 Å². The lowest BCUT2D eigenvalue weighted by atomic mass is 9.83. The van der Waals surface area contributed by atoms with Crippen molar-refractivity contribution in [1.29, 1.82) is 0 Å². The average Bonchev–Trinajstić information content (AvgIpc) is 3.27. The smallest absolute Gasteiger partial charge is 0.339 e. The monoisotopic (exact) mass is 512 g/mol. The highest BCUT2D eigenvalue weighted by Gasteiger charge is 2.48. The van der Waals surface area contributed by atoms with Crippen molar-refractivity contribution in [3.63, 3.8) is 0 Å². The van der Waals surface area contributed by atoms with E-state index in [9.17, 15) is 18.8 Å². The number of carbonyl (C=O) groups excluding carboxylic acids is 3. The largest absolute Gasteiger partial charge is 0.459 e. The molecule has 188 valence electrons. The van der Waals surface area contributed by atoms with E-state index in [1.54, 1.807) is 60.7 Å². The van der Waals surface area contributed by atoms with E-state index in [-0.39, 0.29) is 18.0 Å². The summed E-state index contributed by atoms with van der Waals surface area (Å²) in [5.74, 6) is -1.63. The van der Waals surface area contributed by atoms with Crippen molar-refractivity contribution < 1.29 is 28.2 Å². The zero-order valence-corrected chi connectivity index (χ0v) is 21.0. The van der Waals surface area contributed by atoms with Crippen molar-refractivity contribution in [1.82, 2.24) is 9.47 Å². The van der Waals surface area contributed by atoms with Gasteiger partial charge in [0.15, 0.2) is 0 Å². The summed E-state index contributed by atoms with van der Waals surface area (Å²) >= 11 is 6.21. The van der Waals surface area contributed by atoms with Crippen LogP contribution in [-0.2, 0) is 26.4 Å². The van der Waals surface area contributed by atoms with Crippen LogP contribution in [0.25, 0.3) is 10.9 Å². The van der Waals surface area contributed by atoms with Gasteiger partial charge in [0.05, 0.1) is 16.6 Å². The SMILES string of the molecule is CC(C)(C)OC(=O)Cn1cc(C(=O)N2CCC3(CC2)OC(=O)c2cc(F)ccc23)c2ccc(Cl)cc21. The summed E-state index contributed by atoms with van der Waals surface area (Å²) in [7, 11) is 0. The van der Waals surface area contributed by atoms with Gasteiger partial charge in [-0.1, -0.05) is 23.7 Å². The van der Waals surface area contributed by atoms with Gasteiger partial charge in [-0.25, -0.2) is 9.18 Å². The molecule has 0 N–H and O–H groups in total. The predicted octanol–water partition coefficient (Wildman–Crippen LogP) is 5.08. The van der Waals surface area contributed by atoms with Gasteiger partial charge in [0.2, 0.25) is 0 Å². The molecule has 0 atom stereocenters. The van der Waals surface area contributed by atoms with Crippen LogP contribution >= 0.6 is 11.6 Å². The number of carbonyl (C=O) groups is 3. The number of nitrogens with zero attached hydrogens (tertiary/aromatic N) is 2. The second-order valence-corrected chi connectivity index (χ2v) is 10.7. The molecule has 3 heterocycles. The van der Waals surface area contributed by atoms with Crippen LogP contribution < -0.4 is 0 Å². The number of rotatable bonds is 3. The fourth-order valence-electron chi connectivity index (χ4n) is 5.06. The predicted molar refractivity (Wildman–Crippen MR) is 131 cm³/mol. The Morgan fingerprint density at radius 1 is 1.14 bits per heavy atom. The van der Waals surface area contributed by atoms with Crippen LogP contribution in [0.3, 0.4) is 0 Å². The molecule has 2 aliphatic rings. The van der Waals surface area contributed by atoms with Gasteiger partial charge in [-0.2, -0.15) is 0 Å². The quantitative estimate of drug-likeness (QED) is 0.457. The van der Waals surface area contributed by atoms with E-state index < -0.39 is 29.0 Å². The number of hydrogen-bond acceptors (Lipinski definition) is 5. The van der Waals surface area contributed by atoms with Gasteiger partial charge in [-0.15, -0.1) is 0 Å². The van der Waals surface area contributed by atoms with E-state index in [1.807, 2.05) is 0 Å². The first-order valence-corrected chi connectivity index (χ1v) is 12.2. The standard InChI is InChI=1S/C27H26ClFN2O5/c1-26(2,3)35-23(32)15-31-14-20(18-6-4-16(28)12-22(18)31)24(33)30-10-8-27(9-11-30)21-7-5-17(29)13-19(21)25(34)36-27/h4-7,12-14H,8-11,15H2,1-3H3. The van der Waals surface area contributed by atoms with Crippen molar-refractivity contribution in [2.45, 2.75) is 51.4 Å². The number of amides is 1. The summed E-state index contributed by atoms with van der Waals surface area (Å²) in [5.41, 5.74) is 0.544. The number of likely N-dealkylation sites (tertiary alicyclic amines) is 1. The summed E-state index contributed by atoms with van der Waals surface area (Å²) in [6.07, 6.45) is 2.47. The summed E-state index contributed by atoms with van der Waals surface area (Å²) in [4.78, 5) is 40.2. The molecule has 5 rings (SSSR count). The number of halogens is 2. The first-order chi connectivity index (χ1) is 17.0. The molecule has 9 heteroatoms. The molecule has 0 aliphatic carbocycles. The summed E-state index contributed by atoms with van der Waals surface area (Å²) in [6.45, 7) is 6.04. The van der Waals surface area contributed by atoms with Crippen molar-refractivity contribution in [3.05, 3.63) is 70.1 Å². The van der Waals surface area contributed by atoms with E-state index in [0.717, 1.165) is 0 Å². The fourth-order valence-corrected chi connectivity index (χ4v) is 5.23. The summed E-state index contributed by atoms with van der Waals surface area (Å²) in [5, 5.41) is 1.17. The highest BCUT2D eigenvalue weighted by atomic mass is 35.5. The van der Waals surface area contributed by atoms with E-state index in [0.29, 0.717) is 53.0 Å². The van der Waals surface area contributed by atoms with E-state index in [2.05, 4.69) is 0 Å². The van der Waals surface area contributed by atoms with E-state index in [4.69, 9.17) is 21.1 Å². The van der Waals surface area contributed by atoms with E-state index in [1.165, 1.54) is 12.1 Å². The number of fused-ring (bicyclic) bond motifs is 3. The molecule has 2 aromatic carbocycles. The number of aromatic nitrogens is 1. The second-order valence-electron chi connectivity index (χ2n) is 10.3. The topological polar surface area (TPSA) is 77.8 Å². The zero-order valence-electron chi connectivity index (χ0n) is 20.3. The molecule has 1 aromatic heterocycles. The second kappa shape index (κ2) is 8.62. The van der Waals surface area contributed by atoms with Gasteiger partial charge in [-0.3, -0.25) is 9.59 Å². The van der Waals surface area contributed by atoms with Crippen LogP contribution in [0, 0.1) is 5.82 Å². The molecule has 1 saturated heterocycles. The molecular weight excluding hydrogens is 487 g/mol. The molecule has 2 aliphatic heterocycles. The Labute approximate surface area is 212 Å². The summed E-state index contributed by atoms with van der Waals surface area (Å²) < 4.78 is 26.5. The van der Waals surface area contributed by atoms with Crippen LogP contribution in [0.2, 0.25) is 5.02 Å².